The summed E-state index contributed by atoms with van der Waals surface area (Å²) in [6, 6.07) is 9.76. The highest BCUT2D eigenvalue weighted by molar-refractivity contribution is 6.09. The molecule has 5 nitrogen and oxygen atoms in total. The van der Waals surface area contributed by atoms with Gasteiger partial charge in [0.15, 0.2) is 0 Å². The SMILES string of the molecule is COCC(C)n1c(C)cc(/C=C(\C#N)C(=O)Nc2ccccc2F)c1C. The van der Waals surface area contributed by atoms with E-state index in [1.165, 1.54) is 24.3 Å². The van der Waals surface area contributed by atoms with E-state index in [1.807, 2.05) is 32.9 Å². The number of anilines is 1. The number of ether oxygens (including phenoxy) is 1. The molecular formula is C20H22FN3O2. The van der Waals surface area contributed by atoms with Gasteiger partial charge in [-0.3, -0.25) is 4.79 Å². The first-order valence-corrected chi connectivity index (χ1v) is 8.24. The van der Waals surface area contributed by atoms with E-state index in [2.05, 4.69) is 9.88 Å². The van der Waals surface area contributed by atoms with Crippen LogP contribution in [0, 0.1) is 31.0 Å². The minimum atomic E-state index is -0.646. The van der Waals surface area contributed by atoms with Crippen LogP contribution in [0.1, 0.15) is 29.9 Å². The van der Waals surface area contributed by atoms with E-state index in [0.717, 1.165) is 17.0 Å². The summed E-state index contributed by atoms with van der Waals surface area (Å²) >= 11 is 0. The van der Waals surface area contributed by atoms with Crippen molar-refractivity contribution in [2.75, 3.05) is 19.0 Å². The lowest BCUT2D eigenvalue weighted by Crippen LogP contribution is -2.15. The van der Waals surface area contributed by atoms with Gasteiger partial charge in [-0.05, 0) is 50.6 Å². The third-order valence-electron chi connectivity index (χ3n) is 4.16. The molecule has 2 aromatic rings. The first-order chi connectivity index (χ1) is 12.4. The van der Waals surface area contributed by atoms with E-state index < -0.39 is 11.7 Å². The van der Waals surface area contributed by atoms with Crippen LogP contribution in [0.3, 0.4) is 0 Å². The highest BCUT2D eigenvalue weighted by Gasteiger charge is 2.16. The number of nitriles is 1. The number of rotatable bonds is 6. The maximum absolute atomic E-state index is 13.7. The van der Waals surface area contributed by atoms with Crippen LogP contribution in [0.15, 0.2) is 35.9 Å². The Hall–Kier alpha value is -2.91. The van der Waals surface area contributed by atoms with Crippen molar-refractivity contribution < 1.29 is 13.9 Å². The summed E-state index contributed by atoms with van der Waals surface area (Å²) < 4.78 is 21.0. The minimum Gasteiger partial charge on any atom is -0.383 e. The maximum atomic E-state index is 13.7. The van der Waals surface area contributed by atoms with E-state index in [-0.39, 0.29) is 17.3 Å². The zero-order valence-electron chi connectivity index (χ0n) is 15.3. The number of aromatic nitrogens is 1. The van der Waals surface area contributed by atoms with Gasteiger partial charge in [-0.2, -0.15) is 5.26 Å². The molecule has 0 aliphatic heterocycles. The summed E-state index contributed by atoms with van der Waals surface area (Å²) in [6.07, 6.45) is 1.52. The van der Waals surface area contributed by atoms with Gasteiger partial charge in [0, 0.05) is 18.5 Å². The van der Waals surface area contributed by atoms with Gasteiger partial charge in [0.25, 0.3) is 5.91 Å². The number of hydrogen-bond acceptors (Lipinski definition) is 3. The average molecular weight is 355 g/mol. The molecule has 1 aromatic carbocycles. The number of hydrogen-bond donors (Lipinski definition) is 1. The van der Waals surface area contributed by atoms with Crippen LogP contribution in [-0.4, -0.2) is 24.2 Å². The number of para-hydroxylation sites is 1. The monoisotopic (exact) mass is 355 g/mol. The third-order valence-corrected chi connectivity index (χ3v) is 4.16. The molecule has 0 saturated carbocycles. The second kappa shape index (κ2) is 8.45. The number of aryl methyl sites for hydroxylation is 1. The van der Waals surface area contributed by atoms with Crippen LogP contribution in [0.25, 0.3) is 6.08 Å². The average Bonchev–Trinajstić information content (AvgIpc) is 2.88. The van der Waals surface area contributed by atoms with Crippen LogP contribution in [0.5, 0.6) is 0 Å². The fourth-order valence-corrected chi connectivity index (χ4v) is 3.00. The molecule has 1 aromatic heterocycles. The summed E-state index contributed by atoms with van der Waals surface area (Å²) in [4.78, 5) is 12.3. The zero-order valence-corrected chi connectivity index (χ0v) is 15.3. The number of benzene rings is 1. The minimum absolute atomic E-state index is 0.0397. The first-order valence-electron chi connectivity index (χ1n) is 8.24. The molecule has 26 heavy (non-hydrogen) atoms. The topological polar surface area (TPSA) is 67.0 Å². The smallest absolute Gasteiger partial charge is 0.266 e. The van der Waals surface area contributed by atoms with Crippen molar-refractivity contribution >= 4 is 17.7 Å². The largest absolute Gasteiger partial charge is 0.383 e. The molecule has 0 bridgehead atoms. The van der Waals surface area contributed by atoms with E-state index in [1.54, 1.807) is 13.2 Å². The van der Waals surface area contributed by atoms with Crippen molar-refractivity contribution in [1.29, 1.82) is 5.26 Å². The number of halogens is 1. The van der Waals surface area contributed by atoms with Crippen molar-refractivity contribution in [3.8, 4) is 6.07 Å². The fourth-order valence-electron chi connectivity index (χ4n) is 3.00. The van der Waals surface area contributed by atoms with Gasteiger partial charge in [0.2, 0.25) is 0 Å². The van der Waals surface area contributed by atoms with Gasteiger partial charge in [-0.1, -0.05) is 12.1 Å². The fraction of sp³-hybridized carbons (Fsp3) is 0.300. The predicted molar refractivity (Wildman–Crippen MR) is 99.1 cm³/mol. The number of amides is 1. The number of methoxy groups -OCH3 is 1. The Morgan fingerprint density at radius 1 is 1.42 bits per heavy atom. The molecule has 0 spiro atoms. The van der Waals surface area contributed by atoms with Crippen molar-refractivity contribution in [3.05, 3.63) is 58.7 Å². The Labute approximate surface area is 152 Å². The van der Waals surface area contributed by atoms with Gasteiger partial charge in [-0.25, -0.2) is 4.39 Å². The van der Waals surface area contributed by atoms with Crippen molar-refractivity contribution in [3.63, 3.8) is 0 Å². The molecule has 1 amide bonds. The predicted octanol–water partition coefficient (Wildman–Crippen LogP) is 4.00. The molecule has 1 heterocycles. The standard InChI is InChI=1S/C20H22FN3O2/c1-13-9-16(15(3)24(13)14(2)12-26-4)10-17(11-22)20(25)23-19-8-6-5-7-18(19)21/h5-10,14H,12H2,1-4H3,(H,23,25)/b17-10+. The van der Waals surface area contributed by atoms with Crippen LogP contribution < -0.4 is 5.32 Å². The summed E-state index contributed by atoms with van der Waals surface area (Å²) in [5.74, 6) is -1.20. The molecule has 0 fully saturated rings. The van der Waals surface area contributed by atoms with Crippen molar-refractivity contribution in [2.24, 2.45) is 0 Å². The van der Waals surface area contributed by atoms with Gasteiger partial charge in [0.1, 0.15) is 17.5 Å². The molecular weight excluding hydrogens is 333 g/mol. The Morgan fingerprint density at radius 2 is 2.12 bits per heavy atom. The number of carbonyl (C=O) groups excluding carboxylic acids is 1. The molecule has 0 aliphatic carbocycles. The van der Waals surface area contributed by atoms with Gasteiger partial charge >= 0.3 is 0 Å². The summed E-state index contributed by atoms with van der Waals surface area (Å²) in [7, 11) is 1.65. The molecule has 1 unspecified atom stereocenters. The Bertz CT molecular complexity index is 878. The zero-order chi connectivity index (χ0) is 19.3. The highest BCUT2D eigenvalue weighted by atomic mass is 19.1. The molecule has 2 rings (SSSR count). The lowest BCUT2D eigenvalue weighted by molar-refractivity contribution is -0.112. The Morgan fingerprint density at radius 3 is 2.73 bits per heavy atom. The highest BCUT2D eigenvalue weighted by Crippen LogP contribution is 2.23. The van der Waals surface area contributed by atoms with Gasteiger partial charge < -0.3 is 14.6 Å². The summed E-state index contributed by atoms with van der Waals surface area (Å²) in [5.41, 5.74) is 2.65. The normalized spacial score (nSPS) is 12.5. The lowest BCUT2D eigenvalue weighted by Gasteiger charge is -2.17. The maximum Gasteiger partial charge on any atom is 0.266 e. The van der Waals surface area contributed by atoms with Crippen LogP contribution in [0.4, 0.5) is 10.1 Å². The second-order valence-corrected chi connectivity index (χ2v) is 6.10. The molecule has 0 radical (unpaired) electrons. The molecule has 6 heteroatoms. The summed E-state index contributed by atoms with van der Waals surface area (Å²) in [5, 5.41) is 11.8. The quantitative estimate of drug-likeness (QED) is 0.629. The lowest BCUT2D eigenvalue weighted by atomic mass is 10.1. The van der Waals surface area contributed by atoms with Gasteiger partial charge in [0.05, 0.1) is 18.3 Å². The first kappa shape index (κ1) is 19.4. The number of nitrogens with one attached hydrogen (secondary N) is 1. The van der Waals surface area contributed by atoms with E-state index >= 15 is 0 Å². The Kier molecular flexibility index (Phi) is 6.31. The summed E-state index contributed by atoms with van der Waals surface area (Å²) in [6.45, 7) is 6.47. The van der Waals surface area contributed by atoms with Crippen LogP contribution in [0.2, 0.25) is 0 Å². The molecule has 0 saturated heterocycles. The van der Waals surface area contributed by atoms with Crippen LogP contribution >= 0.6 is 0 Å². The van der Waals surface area contributed by atoms with Crippen LogP contribution in [-0.2, 0) is 9.53 Å². The molecule has 0 aliphatic rings. The van der Waals surface area contributed by atoms with E-state index in [0.29, 0.717) is 6.61 Å². The number of nitrogens with zero attached hydrogens (tertiary/aromatic N) is 2. The Balaban J connectivity index is 2.32. The van der Waals surface area contributed by atoms with Crippen molar-refractivity contribution in [2.45, 2.75) is 26.8 Å². The molecule has 1 atom stereocenters. The van der Waals surface area contributed by atoms with E-state index in [4.69, 9.17) is 4.74 Å². The second-order valence-electron chi connectivity index (χ2n) is 6.10. The van der Waals surface area contributed by atoms with E-state index in [9.17, 15) is 14.4 Å². The number of carbonyl (C=O) groups is 1. The van der Waals surface area contributed by atoms with Gasteiger partial charge in [-0.15, -0.1) is 0 Å². The molecule has 136 valence electrons. The van der Waals surface area contributed by atoms with Crippen molar-refractivity contribution in [1.82, 2.24) is 4.57 Å². The molecule has 1 N–H and O–H groups in total. The third kappa shape index (κ3) is 4.19.